The zero-order valence-corrected chi connectivity index (χ0v) is 17.5. The number of ether oxygens (including phenoxy) is 1. The first kappa shape index (κ1) is 19.6. The van der Waals surface area contributed by atoms with Gasteiger partial charge in [-0.2, -0.15) is 9.67 Å². The van der Waals surface area contributed by atoms with E-state index < -0.39 is 11.7 Å². The Morgan fingerprint density at radius 2 is 1.77 bits per heavy atom. The lowest BCUT2D eigenvalue weighted by Gasteiger charge is -2.19. The van der Waals surface area contributed by atoms with Gasteiger partial charge >= 0.3 is 6.09 Å². The van der Waals surface area contributed by atoms with Crippen molar-refractivity contribution in [1.82, 2.24) is 19.7 Å². The van der Waals surface area contributed by atoms with Crippen LogP contribution in [0.4, 0.5) is 28.1 Å². The molecule has 10 heteroatoms. The number of thiazole rings is 1. The maximum absolute atomic E-state index is 11.9. The number of amides is 1. The molecular weight excluding hydrogens is 402 g/mol. The highest BCUT2D eigenvalue weighted by molar-refractivity contribution is 7.20. The molecule has 9 nitrogen and oxygen atoms in total. The predicted octanol–water partition coefficient (Wildman–Crippen LogP) is 4.55. The molecule has 0 spiro atoms. The number of hydrogen-bond acceptors (Lipinski definition) is 8. The second-order valence-corrected chi connectivity index (χ2v) is 8.51. The lowest BCUT2D eigenvalue weighted by atomic mass is 10.2. The molecule has 4 rings (SSSR count). The number of carbonyl (C=O) groups is 1. The molecule has 0 unspecified atom stereocenters. The van der Waals surface area contributed by atoms with E-state index in [0.717, 1.165) is 15.9 Å². The average molecular weight is 424 g/mol. The van der Waals surface area contributed by atoms with Gasteiger partial charge in [0.05, 0.1) is 10.2 Å². The summed E-state index contributed by atoms with van der Waals surface area (Å²) >= 11 is 1.49. The fraction of sp³-hybridized carbons (Fsp3) is 0.200. The van der Waals surface area contributed by atoms with Crippen LogP contribution >= 0.6 is 11.3 Å². The fourth-order valence-corrected chi connectivity index (χ4v) is 3.58. The molecular formula is C20H21N7O2S. The summed E-state index contributed by atoms with van der Waals surface area (Å²) in [6.45, 7) is 5.43. The number of fused-ring (bicyclic) bond motifs is 1. The molecule has 0 bridgehead atoms. The molecule has 1 amide bonds. The van der Waals surface area contributed by atoms with Crippen molar-refractivity contribution in [3.8, 4) is 5.13 Å². The molecule has 4 aromatic rings. The van der Waals surface area contributed by atoms with Gasteiger partial charge < -0.3 is 15.8 Å². The number of anilines is 4. The normalized spacial score (nSPS) is 11.4. The zero-order chi connectivity index (χ0) is 21.3. The van der Waals surface area contributed by atoms with Crippen LogP contribution in [0.1, 0.15) is 20.8 Å². The number of nitrogen functional groups attached to an aromatic ring is 1. The highest BCUT2D eigenvalue weighted by Crippen LogP contribution is 2.26. The summed E-state index contributed by atoms with van der Waals surface area (Å²) in [4.78, 5) is 20.7. The van der Waals surface area contributed by atoms with E-state index in [4.69, 9.17) is 10.5 Å². The van der Waals surface area contributed by atoms with Crippen LogP contribution < -0.4 is 16.4 Å². The third-order valence-electron chi connectivity index (χ3n) is 3.88. The van der Waals surface area contributed by atoms with Crippen molar-refractivity contribution in [3.05, 3.63) is 48.5 Å². The van der Waals surface area contributed by atoms with E-state index in [2.05, 4.69) is 25.7 Å². The van der Waals surface area contributed by atoms with Crippen molar-refractivity contribution in [2.45, 2.75) is 26.4 Å². The molecule has 0 atom stereocenters. The van der Waals surface area contributed by atoms with Gasteiger partial charge in [-0.25, -0.2) is 9.78 Å². The van der Waals surface area contributed by atoms with Crippen molar-refractivity contribution >= 4 is 50.9 Å². The summed E-state index contributed by atoms with van der Waals surface area (Å²) in [5.41, 5.74) is 7.72. The smallest absolute Gasteiger partial charge is 0.412 e. The third-order valence-corrected chi connectivity index (χ3v) is 4.89. The Hall–Kier alpha value is -3.66. The molecule has 0 aliphatic heterocycles. The standard InChI is InChI=1S/C20H21N7O2S/c1-20(2,3)29-19(28)23-13-10-8-12(9-11-13)22-17-25-16(21)27(26-17)18-24-14-6-4-5-7-15(14)30-18/h4-11H,1-3H3,(H,23,28)(H3,21,22,25,26). The first-order valence-electron chi connectivity index (χ1n) is 9.22. The Morgan fingerprint density at radius 3 is 2.47 bits per heavy atom. The monoisotopic (exact) mass is 423 g/mol. The maximum Gasteiger partial charge on any atom is 0.412 e. The molecule has 30 heavy (non-hydrogen) atoms. The molecule has 0 aliphatic rings. The highest BCUT2D eigenvalue weighted by atomic mass is 32.1. The Labute approximate surface area is 176 Å². The number of nitrogens with one attached hydrogen (secondary N) is 2. The topological polar surface area (TPSA) is 120 Å². The first-order valence-corrected chi connectivity index (χ1v) is 10.0. The van der Waals surface area contributed by atoms with Crippen LogP contribution in [0.15, 0.2) is 48.5 Å². The van der Waals surface area contributed by atoms with Crippen LogP contribution in [-0.4, -0.2) is 31.4 Å². The molecule has 2 aromatic heterocycles. The molecule has 2 heterocycles. The van der Waals surface area contributed by atoms with Crippen LogP contribution in [0, 0.1) is 0 Å². The molecule has 0 fully saturated rings. The summed E-state index contributed by atoms with van der Waals surface area (Å²) in [6.07, 6.45) is -0.507. The van der Waals surface area contributed by atoms with Gasteiger partial charge in [0.1, 0.15) is 5.60 Å². The predicted molar refractivity (Wildman–Crippen MR) is 119 cm³/mol. The molecule has 2 aromatic carbocycles. The van der Waals surface area contributed by atoms with Gasteiger partial charge in [-0.15, -0.1) is 5.10 Å². The van der Waals surface area contributed by atoms with Crippen molar-refractivity contribution in [3.63, 3.8) is 0 Å². The minimum atomic E-state index is -0.556. The van der Waals surface area contributed by atoms with E-state index in [1.54, 1.807) is 24.3 Å². The number of para-hydroxylation sites is 1. The summed E-state index contributed by atoms with van der Waals surface area (Å²) in [6, 6.07) is 14.9. The molecule has 0 saturated carbocycles. The van der Waals surface area contributed by atoms with E-state index in [9.17, 15) is 4.79 Å². The maximum atomic E-state index is 11.9. The van der Waals surface area contributed by atoms with Crippen molar-refractivity contribution < 1.29 is 9.53 Å². The zero-order valence-electron chi connectivity index (χ0n) is 16.7. The van der Waals surface area contributed by atoms with E-state index in [1.165, 1.54) is 16.0 Å². The second kappa shape index (κ2) is 7.64. The van der Waals surface area contributed by atoms with Gasteiger partial charge in [0.25, 0.3) is 0 Å². The van der Waals surface area contributed by atoms with Crippen LogP contribution in [0.3, 0.4) is 0 Å². The molecule has 0 aliphatic carbocycles. The third kappa shape index (κ3) is 4.49. The largest absolute Gasteiger partial charge is 0.444 e. The minimum Gasteiger partial charge on any atom is -0.444 e. The number of carbonyl (C=O) groups excluding carboxylic acids is 1. The van der Waals surface area contributed by atoms with Gasteiger partial charge in [0.2, 0.25) is 17.0 Å². The van der Waals surface area contributed by atoms with Gasteiger partial charge in [0.15, 0.2) is 0 Å². The van der Waals surface area contributed by atoms with Gasteiger partial charge in [-0.05, 0) is 57.2 Å². The Balaban J connectivity index is 1.46. The van der Waals surface area contributed by atoms with Crippen molar-refractivity contribution in [2.24, 2.45) is 0 Å². The Morgan fingerprint density at radius 1 is 1.07 bits per heavy atom. The minimum absolute atomic E-state index is 0.236. The molecule has 0 radical (unpaired) electrons. The van der Waals surface area contributed by atoms with E-state index in [1.807, 2.05) is 45.0 Å². The summed E-state index contributed by atoms with van der Waals surface area (Å²) in [5.74, 6) is 0.583. The number of aromatic nitrogens is 4. The van der Waals surface area contributed by atoms with Crippen LogP contribution in [0.25, 0.3) is 15.3 Å². The van der Waals surface area contributed by atoms with Gasteiger partial charge in [0, 0.05) is 11.4 Å². The molecule has 0 saturated heterocycles. The molecule has 154 valence electrons. The fourth-order valence-electron chi connectivity index (χ4n) is 2.66. The number of hydrogen-bond donors (Lipinski definition) is 3. The van der Waals surface area contributed by atoms with Crippen LogP contribution in [0.2, 0.25) is 0 Å². The van der Waals surface area contributed by atoms with Crippen molar-refractivity contribution in [1.29, 1.82) is 0 Å². The number of nitrogens with two attached hydrogens (primary N) is 1. The van der Waals surface area contributed by atoms with E-state index in [-0.39, 0.29) is 5.95 Å². The van der Waals surface area contributed by atoms with Crippen LogP contribution in [0.5, 0.6) is 0 Å². The first-order chi connectivity index (χ1) is 14.3. The van der Waals surface area contributed by atoms with Gasteiger partial charge in [-0.3, -0.25) is 5.32 Å². The van der Waals surface area contributed by atoms with Crippen LogP contribution in [-0.2, 0) is 4.74 Å². The summed E-state index contributed by atoms with van der Waals surface area (Å²) in [5, 5.41) is 10.8. The summed E-state index contributed by atoms with van der Waals surface area (Å²) < 4.78 is 7.79. The molecule has 4 N–H and O–H groups in total. The van der Waals surface area contributed by atoms with Gasteiger partial charge in [-0.1, -0.05) is 23.5 Å². The Bertz CT molecular complexity index is 1160. The number of benzene rings is 2. The van der Waals surface area contributed by atoms with E-state index >= 15 is 0 Å². The Kier molecular flexibility index (Phi) is 5.00. The lowest BCUT2D eigenvalue weighted by Crippen LogP contribution is -2.27. The quantitative estimate of drug-likeness (QED) is 0.440. The summed E-state index contributed by atoms with van der Waals surface area (Å²) in [7, 11) is 0. The lowest BCUT2D eigenvalue weighted by molar-refractivity contribution is 0.0636. The van der Waals surface area contributed by atoms with E-state index in [0.29, 0.717) is 16.8 Å². The number of nitrogens with zero attached hydrogens (tertiary/aromatic N) is 4. The average Bonchev–Trinajstić information content (AvgIpc) is 3.24. The number of rotatable bonds is 4. The SMILES string of the molecule is CC(C)(C)OC(=O)Nc1ccc(Nc2nc(N)n(-c3nc4ccccc4s3)n2)cc1. The second-order valence-electron chi connectivity index (χ2n) is 7.50. The highest BCUT2D eigenvalue weighted by Gasteiger charge is 2.16. The van der Waals surface area contributed by atoms with Crippen molar-refractivity contribution in [2.75, 3.05) is 16.4 Å².